The van der Waals surface area contributed by atoms with Gasteiger partial charge in [-0.3, -0.25) is 4.79 Å². The predicted molar refractivity (Wildman–Crippen MR) is 66.1 cm³/mol. The molecule has 1 aromatic carbocycles. The molecule has 2 aromatic rings. The first-order chi connectivity index (χ1) is 8.40. The molecule has 3 nitrogen and oxygen atoms in total. The topological polar surface area (TPSA) is 31.2 Å². The van der Waals surface area contributed by atoms with Crippen molar-refractivity contribution >= 4 is 17.2 Å². The van der Waals surface area contributed by atoms with Crippen molar-refractivity contribution in [3.63, 3.8) is 0 Å². The highest BCUT2D eigenvalue weighted by molar-refractivity contribution is 5.89. The van der Waals surface area contributed by atoms with E-state index < -0.39 is 0 Å². The van der Waals surface area contributed by atoms with E-state index in [1.165, 1.54) is 0 Å². The zero-order valence-electron chi connectivity index (χ0n) is 9.50. The molecule has 0 spiro atoms. The van der Waals surface area contributed by atoms with E-state index in [4.69, 9.17) is 4.74 Å². The van der Waals surface area contributed by atoms with E-state index >= 15 is 0 Å². The number of carbonyl (C=O) groups is 1. The predicted octanol–water partition coefficient (Wildman–Crippen LogP) is 2.62. The Bertz CT molecular complexity index is 538. The summed E-state index contributed by atoms with van der Waals surface area (Å²) in [4.78, 5) is 11.2. The summed E-state index contributed by atoms with van der Waals surface area (Å²) < 4.78 is 7.56. The zero-order valence-corrected chi connectivity index (χ0v) is 9.50. The van der Waals surface area contributed by atoms with E-state index in [1.54, 1.807) is 0 Å². The fraction of sp³-hybridized carbons (Fsp3) is 0.286. The number of nitrogens with zero attached hydrogens (tertiary/aromatic N) is 1. The molecule has 87 valence electrons. The lowest BCUT2D eigenvalue weighted by Gasteiger charge is -2.25. The van der Waals surface area contributed by atoms with E-state index in [9.17, 15) is 4.79 Å². The van der Waals surface area contributed by atoms with Gasteiger partial charge in [0.05, 0.1) is 18.3 Å². The third-order valence-corrected chi connectivity index (χ3v) is 3.22. The quantitative estimate of drug-likeness (QED) is 0.740. The zero-order chi connectivity index (χ0) is 11.7. The van der Waals surface area contributed by atoms with E-state index in [1.807, 2.05) is 30.3 Å². The molecule has 1 aromatic heterocycles. The number of hydrogen-bond acceptors (Lipinski definition) is 2. The van der Waals surface area contributed by atoms with Gasteiger partial charge in [-0.1, -0.05) is 18.2 Å². The fourth-order valence-corrected chi connectivity index (χ4v) is 2.45. The molecule has 0 saturated carbocycles. The van der Waals surface area contributed by atoms with Gasteiger partial charge in [0.2, 0.25) is 0 Å². The van der Waals surface area contributed by atoms with Crippen LogP contribution in [0.4, 0.5) is 0 Å². The number of fused-ring (bicyclic) bond motifs is 1. The molecule has 1 fully saturated rings. The van der Waals surface area contributed by atoms with Gasteiger partial charge in [-0.05, 0) is 25.0 Å². The Hall–Kier alpha value is -1.61. The summed E-state index contributed by atoms with van der Waals surface area (Å²) in [7, 11) is 0. The summed E-state index contributed by atoms with van der Waals surface area (Å²) in [6.45, 7) is 1.44. The number of ether oxygens (including phenoxy) is 1. The number of hydrogen-bond donors (Lipinski definition) is 0. The average molecular weight is 228 g/mol. The first-order valence-corrected chi connectivity index (χ1v) is 5.86. The molecule has 1 atom stereocenters. The number of para-hydroxylation sites is 1. The summed E-state index contributed by atoms with van der Waals surface area (Å²) in [5.74, 6) is 0. The third kappa shape index (κ3) is 1.76. The monoisotopic (exact) mass is 228 g/mol. The van der Waals surface area contributed by atoms with Crippen LogP contribution in [0.5, 0.6) is 0 Å². The molecule has 1 radical (unpaired) electrons. The van der Waals surface area contributed by atoms with Crippen molar-refractivity contribution in [1.29, 1.82) is 0 Å². The van der Waals surface area contributed by atoms with E-state index in [0.717, 1.165) is 35.9 Å². The Morgan fingerprint density at radius 3 is 3.00 bits per heavy atom. The molecule has 3 rings (SSSR count). The minimum Gasteiger partial charge on any atom is -0.379 e. The number of aromatic nitrogens is 1. The third-order valence-electron chi connectivity index (χ3n) is 3.22. The van der Waals surface area contributed by atoms with Crippen molar-refractivity contribution in [2.75, 3.05) is 13.2 Å². The van der Waals surface area contributed by atoms with E-state index in [-0.39, 0.29) is 6.04 Å². The molecule has 1 aliphatic heterocycles. The van der Waals surface area contributed by atoms with Crippen LogP contribution < -0.4 is 0 Å². The van der Waals surface area contributed by atoms with Crippen molar-refractivity contribution < 1.29 is 9.53 Å². The minimum atomic E-state index is 0.170. The molecule has 0 bridgehead atoms. The summed E-state index contributed by atoms with van der Waals surface area (Å²) in [6, 6.07) is 10.2. The van der Waals surface area contributed by atoms with Crippen LogP contribution in [-0.4, -0.2) is 24.1 Å². The number of aldehydes is 1. The maximum absolute atomic E-state index is 11.2. The van der Waals surface area contributed by atoms with Crippen LogP contribution in [0.1, 0.15) is 23.0 Å². The van der Waals surface area contributed by atoms with Crippen molar-refractivity contribution in [2.24, 2.45) is 0 Å². The normalized spacial score (nSPS) is 20.6. The highest BCUT2D eigenvalue weighted by atomic mass is 16.5. The Morgan fingerprint density at radius 1 is 1.35 bits per heavy atom. The Labute approximate surface area is 100.0 Å². The lowest BCUT2D eigenvalue weighted by molar-refractivity contribution is 0.0848. The van der Waals surface area contributed by atoms with Crippen LogP contribution in [0.25, 0.3) is 10.9 Å². The molecule has 0 N–H and O–H groups in total. The minimum absolute atomic E-state index is 0.170. The van der Waals surface area contributed by atoms with Gasteiger partial charge in [0, 0.05) is 17.5 Å². The van der Waals surface area contributed by atoms with Crippen molar-refractivity contribution in [2.45, 2.75) is 12.5 Å². The molecule has 1 saturated heterocycles. The molecule has 1 aliphatic rings. The second kappa shape index (κ2) is 4.34. The Morgan fingerprint density at radius 2 is 2.24 bits per heavy atom. The second-order valence-corrected chi connectivity index (χ2v) is 4.28. The van der Waals surface area contributed by atoms with Crippen LogP contribution in [0.15, 0.2) is 30.3 Å². The number of carbonyl (C=O) groups excluding carboxylic acids is 1. The largest absolute Gasteiger partial charge is 0.379 e. The molecule has 17 heavy (non-hydrogen) atoms. The van der Waals surface area contributed by atoms with Crippen LogP contribution in [0.3, 0.4) is 0 Å². The maximum Gasteiger partial charge on any atom is 0.166 e. The van der Waals surface area contributed by atoms with Crippen molar-refractivity contribution in [3.05, 3.63) is 42.4 Å². The average Bonchev–Trinajstić information content (AvgIpc) is 2.78. The Kier molecular flexibility index (Phi) is 2.69. The van der Waals surface area contributed by atoms with Crippen molar-refractivity contribution in [1.82, 2.24) is 4.57 Å². The summed E-state index contributed by atoms with van der Waals surface area (Å²) in [5, 5.41) is 1.11. The smallest absolute Gasteiger partial charge is 0.166 e. The number of benzene rings is 1. The molecular formula is C14H14NO2. The maximum atomic E-state index is 11.2. The SMILES string of the molecule is O=Cc1cc2ccccc2n1C1[CH]CCOC1. The van der Waals surface area contributed by atoms with Crippen LogP contribution >= 0.6 is 0 Å². The van der Waals surface area contributed by atoms with Crippen LogP contribution in [0.2, 0.25) is 0 Å². The summed E-state index contributed by atoms with van der Waals surface area (Å²) >= 11 is 0. The summed E-state index contributed by atoms with van der Waals surface area (Å²) in [6.07, 6.45) is 4.08. The van der Waals surface area contributed by atoms with Gasteiger partial charge in [0.25, 0.3) is 0 Å². The molecular weight excluding hydrogens is 214 g/mol. The lowest BCUT2D eigenvalue weighted by atomic mass is 10.1. The highest BCUT2D eigenvalue weighted by Gasteiger charge is 2.20. The Balaban J connectivity index is 2.14. The molecule has 2 heterocycles. The van der Waals surface area contributed by atoms with Gasteiger partial charge in [0.1, 0.15) is 0 Å². The van der Waals surface area contributed by atoms with Crippen LogP contribution in [0, 0.1) is 6.42 Å². The van der Waals surface area contributed by atoms with Gasteiger partial charge < -0.3 is 9.30 Å². The highest BCUT2D eigenvalue weighted by Crippen LogP contribution is 2.27. The lowest BCUT2D eigenvalue weighted by Crippen LogP contribution is -2.23. The second-order valence-electron chi connectivity index (χ2n) is 4.28. The van der Waals surface area contributed by atoms with Crippen molar-refractivity contribution in [3.8, 4) is 0 Å². The van der Waals surface area contributed by atoms with Gasteiger partial charge in [-0.15, -0.1) is 0 Å². The van der Waals surface area contributed by atoms with E-state index in [0.29, 0.717) is 6.61 Å². The molecule has 0 aliphatic carbocycles. The van der Waals surface area contributed by atoms with E-state index in [2.05, 4.69) is 11.0 Å². The van der Waals surface area contributed by atoms with Gasteiger partial charge in [0.15, 0.2) is 6.29 Å². The summed E-state index contributed by atoms with van der Waals surface area (Å²) in [5.41, 5.74) is 1.82. The molecule has 3 heteroatoms. The van der Waals surface area contributed by atoms with Crippen LogP contribution in [-0.2, 0) is 4.74 Å². The standard InChI is InChI=1S/C14H14NO2/c16-9-13-8-11-4-1-2-6-14(11)15(13)12-5-3-7-17-10-12/h1-2,4-6,8-9,12H,3,7,10H2. The van der Waals surface area contributed by atoms with Gasteiger partial charge >= 0.3 is 0 Å². The number of rotatable bonds is 2. The molecule has 1 unspecified atom stereocenters. The first kappa shape index (κ1) is 10.5. The first-order valence-electron chi connectivity index (χ1n) is 5.86. The van der Waals surface area contributed by atoms with Gasteiger partial charge in [-0.25, -0.2) is 0 Å². The molecule has 0 amide bonds. The fourth-order valence-electron chi connectivity index (χ4n) is 2.45. The van der Waals surface area contributed by atoms with Gasteiger partial charge in [-0.2, -0.15) is 0 Å².